The zero-order valence-corrected chi connectivity index (χ0v) is 12.3. The van der Waals surface area contributed by atoms with Gasteiger partial charge in [0.05, 0.1) is 12.3 Å². The van der Waals surface area contributed by atoms with Crippen LogP contribution in [0.1, 0.15) is 58.9 Å². The Morgan fingerprint density at radius 2 is 1.83 bits per heavy atom. The summed E-state index contributed by atoms with van der Waals surface area (Å²) in [5.74, 6) is 0.819. The summed E-state index contributed by atoms with van der Waals surface area (Å²) >= 11 is 0. The fourth-order valence-corrected chi connectivity index (χ4v) is 1.86. The Morgan fingerprint density at radius 1 is 1.11 bits per heavy atom. The molecular weight excluding hydrogens is 222 g/mol. The van der Waals surface area contributed by atoms with Crippen molar-refractivity contribution < 1.29 is 4.74 Å². The Balaban J connectivity index is 2.53. The lowest BCUT2D eigenvalue weighted by molar-refractivity contribution is 0.306. The molecule has 2 nitrogen and oxygen atoms in total. The Bertz CT molecular complexity index is 366. The first kappa shape index (κ1) is 14.9. The molecule has 2 N–H and O–H groups in total. The maximum Gasteiger partial charge on any atom is 0.142 e. The highest BCUT2D eigenvalue weighted by Gasteiger charge is 2.14. The fraction of sp³-hybridized carbons (Fsp3) is 0.625. The van der Waals surface area contributed by atoms with Crippen LogP contribution in [0, 0.1) is 0 Å². The average molecular weight is 249 g/mol. The van der Waals surface area contributed by atoms with Gasteiger partial charge in [-0.3, -0.25) is 0 Å². The largest absolute Gasteiger partial charge is 0.491 e. The van der Waals surface area contributed by atoms with Gasteiger partial charge in [0.2, 0.25) is 0 Å². The highest BCUT2D eigenvalue weighted by atomic mass is 16.5. The highest BCUT2D eigenvalue weighted by Crippen LogP contribution is 2.29. The SMILES string of the molecule is CCCCCCOc1ccc(C(C)(C)C)cc1N. The maximum atomic E-state index is 6.03. The van der Waals surface area contributed by atoms with Crippen molar-refractivity contribution in [3.8, 4) is 5.75 Å². The van der Waals surface area contributed by atoms with E-state index in [1.54, 1.807) is 0 Å². The molecule has 0 unspecified atom stereocenters. The average Bonchev–Trinajstić information content (AvgIpc) is 2.29. The quantitative estimate of drug-likeness (QED) is 0.594. The first-order valence-electron chi connectivity index (χ1n) is 6.98. The number of ether oxygens (including phenoxy) is 1. The van der Waals surface area contributed by atoms with E-state index in [0.717, 1.165) is 24.5 Å². The molecule has 0 radical (unpaired) electrons. The second-order valence-corrected chi connectivity index (χ2v) is 5.91. The van der Waals surface area contributed by atoms with Crippen LogP contribution in [0.2, 0.25) is 0 Å². The minimum absolute atomic E-state index is 0.133. The molecule has 0 aliphatic carbocycles. The van der Waals surface area contributed by atoms with Crippen molar-refractivity contribution >= 4 is 5.69 Å². The van der Waals surface area contributed by atoms with E-state index in [2.05, 4.69) is 33.8 Å². The second-order valence-electron chi connectivity index (χ2n) is 5.91. The summed E-state index contributed by atoms with van der Waals surface area (Å²) in [4.78, 5) is 0. The van der Waals surface area contributed by atoms with Crippen LogP contribution in [0.5, 0.6) is 5.75 Å². The molecular formula is C16H27NO. The molecule has 0 bridgehead atoms. The third-order valence-electron chi connectivity index (χ3n) is 3.13. The number of unbranched alkanes of at least 4 members (excludes halogenated alkanes) is 3. The summed E-state index contributed by atoms with van der Waals surface area (Å²) in [6.45, 7) is 9.54. The molecule has 102 valence electrons. The van der Waals surface area contributed by atoms with E-state index < -0.39 is 0 Å². The monoisotopic (exact) mass is 249 g/mol. The predicted molar refractivity (Wildman–Crippen MR) is 79.2 cm³/mol. The summed E-state index contributed by atoms with van der Waals surface area (Å²) in [5, 5.41) is 0. The van der Waals surface area contributed by atoms with E-state index in [9.17, 15) is 0 Å². The number of nitrogen functional groups attached to an aromatic ring is 1. The van der Waals surface area contributed by atoms with Crippen LogP contribution >= 0.6 is 0 Å². The minimum atomic E-state index is 0.133. The van der Waals surface area contributed by atoms with Gasteiger partial charge < -0.3 is 10.5 Å². The first-order chi connectivity index (χ1) is 8.45. The summed E-state index contributed by atoms with van der Waals surface area (Å²) in [5.41, 5.74) is 8.16. The Morgan fingerprint density at radius 3 is 2.39 bits per heavy atom. The molecule has 0 aromatic heterocycles. The number of nitrogens with two attached hydrogens (primary N) is 1. The van der Waals surface area contributed by atoms with Gasteiger partial charge in [-0.1, -0.05) is 53.0 Å². The maximum absolute atomic E-state index is 6.03. The Labute approximate surface area is 112 Å². The molecule has 0 aliphatic heterocycles. The second kappa shape index (κ2) is 6.67. The van der Waals surface area contributed by atoms with Gasteiger partial charge in [-0.25, -0.2) is 0 Å². The molecule has 0 fully saturated rings. The van der Waals surface area contributed by atoms with Crippen molar-refractivity contribution in [1.82, 2.24) is 0 Å². The lowest BCUT2D eigenvalue weighted by Gasteiger charge is -2.20. The normalized spacial score (nSPS) is 11.6. The van der Waals surface area contributed by atoms with Crippen molar-refractivity contribution in [3.63, 3.8) is 0 Å². The molecule has 0 atom stereocenters. The predicted octanol–water partition coefficient (Wildman–Crippen LogP) is 4.53. The molecule has 0 aliphatic rings. The molecule has 0 heterocycles. The highest BCUT2D eigenvalue weighted by molar-refractivity contribution is 5.55. The van der Waals surface area contributed by atoms with E-state index in [4.69, 9.17) is 10.5 Å². The third kappa shape index (κ3) is 4.59. The molecule has 0 amide bonds. The van der Waals surface area contributed by atoms with Gasteiger partial charge in [0, 0.05) is 0 Å². The van der Waals surface area contributed by atoms with Crippen LogP contribution in [0.4, 0.5) is 5.69 Å². The summed E-state index contributed by atoms with van der Waals surface area (Å²) in [7, 11) is 0. The topological polar surface area (TPSA) is 35.2 Å². The van der Waals surface area contributed by atoms with Crippen molar-refractivity contribution in [3.05, 3.63) is 23.8 Å². The number of benzene rings is 1. The van der Waals surface area contributed by atoms with Crippen molar-refractivity contribution in [2.75, 3.05) is 12.3 Å². The molecule has 0 spiro atoms. The van der Waals surface area contributed by atoms with Gasteiger partial charge in [-0.2, -0.15) is 0 Å². The van der Waals surface area contributed by atoms with Gasteiger partial charge in [0.15, 0.2) is 0 Å². The number of rotatable bonds is 6. The molecule has 1 aromatic rings. The fourth-order valence-electron chi connectivity index (χ4n) is 1.86. The van der Waals surface area contributed by atoms with Crippen LogP contribution in [0.25, 0.3) is 0 Å². The van der Waals surface area contributed by atoms with Crippen LogP contribution in [0.15, 0.2) is 18.2 Å². The molecule has 1 aromatic carbocycles. The summed E-state index contributed by atoms with van der Waals surface area (Å²) < 4.78 is 5.73. The van der Waals surface area contributed by atoms with Crippen LogP contribution in [-0.2, 0) is 5.41 Å². The lowest BCUT2D eigenvalue weighted by Crippen LogP contribution is -2.11. The van der Waals surface area contributed by atoms with Gasteiger partial charge in [-0.15, -0.1) is 0 Å². The van der Waals surface area contributed by atoms with Crippen molar-refractivity contribution in [1.29, 1.82) is 0 Å². The summed E-state index contributed by atoms with van der Waals surface area (Å²) in [6.07, 6.45) is 4.87. The Hall–Kier alpha value is -1.18. The minimum Gasteiger partial charge on any atom is -0.491 e. The third-order valence-corrected chi connectivity index (χ3v) is 3.13. The summed E-state index contributed by atoms with van der Waals surface area (Å²) in [6, 6.07) is 6.13. The van der Waals surface area contributed by atoms with E-state index >= 15 is 0 Å². The first-order valence-corrected chi connectivity index (χ1v) is 6.98. The molecule has 18 heavy (non-hydrogen) atoms. The van der Waals surface area contributed by atoms with E-state index in [1.807, 2.05) is 12.1 Å². The van der Waals surface area contributed by atoms with Gasteiger partial charge in [0.1, 0.15) is 5.75 Å². The van der Waals surface area contributed by atoms with Crippen LogP contribution < -0.4 is 10.5 Å². The molecule has 0 saturated heterocycles. The zero-order valence-electron chi connectivity index (χ0n) is 12.3. The van der Waals surface area contributed by atoms with E-state index in [0.29, 0.717) is 0 Å². The van der Waals surface area contributed by atoms with E-state index in [-0.39, 0.29) is 5.41 Å². The molecule has 1 rings (SSSR count). The molecule has 2 heteroatoms. The number of hydrogen-bond acceptors (Lipinski definition) is 2. The molecule has 0 saturated carbocycles. The van der Waals surface area contributed by atoms with Gasteiger partial charge in [0.25, 0.3) is 0 Å². The van der Waals surface area contributed by atoms with E-state index in [1.165, 1.54) is 24.8 Å². The number of hydrogen-bond donors (Lipinski definition) is 1. The zero-order chi connectivity index (χ0) is 13.6. The van der Waals surface area contributed by atoms with Crippen molar-refractivity contribution in [2.24, 2.45) is 0 Å². The van der Waals surface area contributed by atoms with Crippen LogP contribution in [-0.4, -0.2) is 6.61 Å². The lowest BCUT2D eigenvalue weighted by atomic mass is 9.87. The standard InChI is InChI=1S/C16H27NO/c1-5-6-7-8-11-18-15-10-9-13(12-14(15)17)16(2,3)4/h9-10,12H,5-8,11,17H2,1-4H3. The number of anilines is 1. The van der Waals surface area contributed by atoms with Gasteiger partial charge in [-0.05, 0) is 29.5 Å². The van der Waals surface area contributed by atoms with Crippen LogP contribution in [0.3, 0.4) is 0 Å². The van der Waals surface area contributed by atoms with Crippen molar-refractivity contribution in [2.45, 2.75) is 58.8 Å². The van der Waals surface area contributed by atoms with Gasteiger partial charge >= 0.3 is 0 Å². The Kier molecular flexibility index (Phi) is 5.52. The smallest absolute Gasteiger partial charge is 0.142 e.